The zero-order valence-corrected chi connectivity index (χ0v) is 20.9. The summed E-state index contributed by atoms with van der Waals surface area (Å²) in [5.41, 5.74) is 8.42. The fourth-order valence-corrected chi connectivity index (χ4v) is 7.34. The number of phenolic OH excluding ortho intramolecular Hbond substituents is 1. The number of aryl methyl sites for hydroxylation is 2. The molecule has 3 aliphatic rings. The largest absolute Gasteiger partial charge is 0.508 e. The first-order chi connectivity index (χ1) is 17.0. The Morgan fingerprint density at radius 2 is 1.89 bits per heavy atom. The number of nitrogens with zero attached hydrogens (tertiary/aromatic N) is 4. The van der Waals surface area contributed by atoms with Crippen molar-refractivity contribution < 1.29 is 5.11 Å². The summed E-state index contributed by atoms with van der Waals surface area (Å²) in [4.78, 5) is 0. The average Bonchev–Trinajstić information content (AvgIpc) is 3.35. The molecule has 5 nitrogen and oxygen atoms in total. The van der Waals surface area contributed by atoms with E-state index in [9.17, 15) is 5.11 Å². The van der Waals surface area contributed by atoms with Crippen molar-refractivity contribution >= 4 is 11.9 Å². The number of phenols is 1. The lowest BCUT2D eigenvalue weighted by molar-refractivity contribution is 0.0955. The van der Waals surface area contributed by atoms with Crippen molar-refractivity contribution in [1.82, 2.24) is 9.78 Å². The van der Waals surface area contributed by atoms with E-state index in [0.29, 0.717) is 23.5 Å². The number of aromatic nitrogens is 2. The molecule has 0 radical (unpaired) electrons. The molecule has 2 aromatic carbocycles. The number of fused-ring (bicyclic) bond motifs is 5. The van der Waals surface area contributed by atoms with Gasteiger partial charge < -0.3 is 5.11 Å². The van der Waals surface area contributed by atoms with Crippen molar-refractivity contribution in [3.63, 3.8) is 0 Å². The van der Waals surface area contributed by atoms with Crippen LogP contribution in [0.25, 0.3) is 5.69 Å². The third-order valence-electron chi connectivity index (χ3n) is 9.16. The van der Waals surface area contributed by atoms with E-state index < -0.39 is 0 Å². The number of aromatic hydroxyl groups is 1. The molecule has 35 heavy (non-hydrogen) atoms. The van der Waals surface area contributed by atoms with Gasteiger partial charge in [0.15, 0.2) is 0 Å². The highest BCUT2D eigenvalue weighted by Gasteiger charge is 2.53. The van der Waals surface area contributed by atoms with Gasteiger partial charge in [0.1, 0.15) is 5.75 Å². The second kappa shape index (κ2) is 8.47. The highest BCUT2D eigenvalue weighted by molar-refractivity contribution is 5.93. The molecule has 0 amide bonds. The monoisotopic (exact) mass is 466 g/mol. The SMILES string of the molecule is Cc1nn(-c2ccccc2)c(C)c1C=NN=C1CC[C@@H]2[C@@H]3CCc4cc(O)ccc4[C@@H]3CC[C@]12C. The van der Waals surface area contributed by atoms with Crippen LogP contribution in [0.1, 0.15) is 73.0 Å². The summed E-state index contributed by atoms with van der Waals surface area (Å²) >= 11 is 0. The molecule has 2 fully saturated rings. The lowest BCUT2D eigenvalue weighted by atomic mass is 9.55. The molecule has 0 saturated heterocycles. The van der Waals surface area contributed by atoms with Crippen molar-refractivity contribution in [2.75, 3.05) is 0 Å². The summed E-state index contributed by atoms with van der Waals surface area (Å²) in [6.07, 6.45) is 8.81. The summed E-state index contributed by atoms with van der Waals surface area (Å²) in [5, 5.41) is 24.1. The third-order valence-corrected chi connectivity index (χ3v) is 9.16. The molecular formula is C30H34N4O. The standard InChI is InChI=1S/C30H34N4O/c1-19-27(20(2)34(33-19)22-7-5-4-6-8-22)18-31-32-29-14-13-28-26-11-9-21-17-23(35)10-12-24(21)25(26)15-16-30(28,29)3/h4-8,10,12,17-18,25-26,28,35H,9,11,13-16H2,1-3H3/t25-,26+,28+,30-/m0/s1. The van der Waals surface area contributed by atoms with Crippen molar-refractivity contribution in [3.05, 3.63) is 76.6 Å². The number of benzene rings is 2. The van der Waals surface area contributed by atoms with Crippen LogP contribution in [0.15, 0.2) is 58.7 Å². The van der Waals surface area contributed by atoms with Crippen LogP contribution < -0.4 is 0 Å². The molecule has 3 aromatic rings. The van der Waals surface area contributed by atoms with Gasteiger partial charge in [0, 0.05) is 16.7 Å². The minimum Gasteiger partial charge on any atom is -0.508 e. The molecule has 5 heteroatoms. The Balaban J connectivity index is 1.24. The Labute approximate surface area is 207 Å². The van der Waals surface area contributed by atoms with Gasteiger partial charge in [0.05, 0.1) is 23.3 Å². The van der Waals surface area contributed by atoms with Gasteiger partial charge in [0.2, 0.25) is 0 Å². The Morgan fingerprint density at radius 1 is 1.06 bits per heavy atom. The lowest BCUT2D eigenvalue weighted by Gasteiger charge is -2.49. The Hall–Kier alpha value is -3.21. The molecule has 0 unspecified atom stereocenters. The summed E-state index contributed by atoms with van der Waals surface area (Å²) in [5.74, 6) is 2.39. The van der Waals surface area contributed by atoms with Crippen LogP contribution in [0.2, 0.25) is 0 Å². The molecule has 4 atom stereocenters. The Morgan fingerprint density at radius 3 is 2.71 bits per heavy atom. The first-order valence-corrected chi connectivity index (χ1v) is 13.0. The van der Waals surface area contributed by atoms with Crippen LogP contribution in [-0.2, 0) is 6.42 Å². The van der Waals surface area contributed by atoms with Gasteiger partial charge in [-0.15, -0.1) is 0 Å². The summed E-state index contributed by atoms with van der Waals surface area (Å²) in [7, 11) is 0. The van der Waals surface area contributed by atoms with Gasteiger partial charge >= 0.3 is 0 Å². The van der Waals surface area contributed by atoms with E-state index >= 15 is 0 Å². The average molecular weight is 467 g/mol. The molecular weight excluding hydrogens is 432 g/mol. The van der Waals surface area contributed by atoms with E-state index in [-0.39, 0.29) is 5.41 Å². The number of para-hydroxylation sites is 1. The van der Waals surface area contributed by atoms with Crippen LogP contribution in [-0.4, -0.2) is 26.8 Å². The topological polar surface area (TPSA) is 62.8 Å². The smallest absolute Gasteiger partial charge is 0.115 e. The predicted molar refractivity (Wildman–Crippen MR) is 141 cm³/mol. The minimum atomic E-state index is 0.144. The van der Waals surface area contributed by atoms with Crippen molar-refractivity contribution in [2.45, 2.75) is 65.2 Å². The molecule has 0 bridgehead atoms. The van der Waals surface area contributed by atoms with E-state index in [1.165, 1.54) is 36.1 Å². The van der Waals surface area contributed by atoms with Gasteiger partial charge in [-0.25, -0.2) is 4.68 Å². The summed E-state index contributed by atoms with van der Waals surface area (Å²) in [6, 6.07) is 16.3. The second-order valence-electron chi connectivity index (χ2n) is 10.9. The van der Waals surface area contributed by atoms with Gasteiger partial charge in [-0.05, 0) is 106 Å². The highest BCUT2D eigenvalue weighted by atomic mass is 16.3. The number of hydrogen-bond donors (Lipinski definition) is 1. The molecule has 6 rings (SSSR count). The molecule has 1 heterocycles. The molecule has 0 spiro atoms. The molecule has 1 N–H and O–H groups in total. The molecule has 1 aromatic heterocycles. The fourth-order valence-electron chi connectivity index (χ4n) is 7.34. The quantitative estimate of drug-likeness (QED) is 0.352. The van der Waals surface area contributed by atoms with E-state index in [1.54, 1.807) is 0 Å². The maximum absolute atomic E-state index is 9.93. The third kappa shape index (κ3) is 3.64. The van der Waals surface area contributed by atoms with Crippen LogP contribution in [0.3, 0.4) is 0 Å². The van der Waals surface area contributed by atoms with Crippen LogP contribution >= 0.6 is 0 Å². The molecule has 3 aliphatic carbocycles. The van der Waals surface area contributed by atoms with Crippen LogP contribution in [0.4, 0.5) is 0 Å². The maximum Gasteiger partial charge on any atom is 0.115 e. The Kier molecular flexibility index (Phi) is 5.39. The lowest BCUT2D eigenvalue weighted by Crippen LogP contribution is -2.42. The summed E-state index contributed by atoms with van der Waals surface area (Å²) < 4.78 is 1.98. The normalized spacial score (nSPS) is 28.8. The highest BCUT2D eigenvalue weighted by Crippen LogP contribution is 2.60. The van der Waals surface area contributed by atoms with Crippen LogP contribution in [0, 0.1) is 31.1 Å². The number of hydrogen-bond acceptors (Lipinski definition) is 4. The van der Waals surface area contributed by atoms with E-state index in [1.807, 2.05) is 48.2 Å². The first kappa shape index (κ1) is 22.3. The summed E-state index contributed by atoms with van der Waals surface area (Å²) in [6.45, 7) is 6.57. The molecule has 0 aliphatic heterocycles. The molecule has 180 valence electrons. The van der Waals surface area contributed by atoms with E-state index in [4.69, 9.17) is 10.2 Å². The van der Waals surface area contributed by atoms with Crippen molar-refractivity contribution in [3.8, 4) is 11.4 Å². The zero-order chi connectivity index (χ0) is 24.2. The molecule has 2 saturated carbocycles. The predicted octanol–water partition coefficient (Wildman–Crippen LogP) is 6.53. The van der Waals surface area contributed by atoms with Crippen molar-refractivity contribution in [1.29, 1.82) is 0 Å². The Bertz CT molecular complexity index is 1320. The fraction of sp³-hybridized carbons (Fsp3) is 0.433. The van der Waals surface area contributed by atoms with Gasteiger partial charge in [-0.2, -0.15) is 15.3 Å². The van der Waals surface area contributed by atoms with Crippen molar-refractivity contribution in [2.24, 2.45) is 27.5 Å². The van der Waals surface area contributed by atoms with E-state index in [2.05, 4.69) is 37.1 Å². The van der Waals surface area contributed by atoms with Crippen LogP contribution in [0.5, 0.6) is 5.75 Å². The second-order valence-corrected chi connectivity index (χ2v) is 10.9. The van der Waals surface area contributed by atoms with Gasteiger partial charge in [0.25, 0.3) is 0 Å². The first-order valence-electron chi connectivity index (χ1n) is 13.0. The van der Waals surface area contributed by atoms with Gasteiger partial charge in [-0.3, -0.25) is 0 Å². The minimum absolute atomic E-state index is 0.144. The van der Waals surface area contributed by atoms with Gasteiger partial charge in [-0.1, -0.05) is 31.2 Å². The van der Waals surface area contributed by atoms with E-state index in [0.717, 1.165) is 41.9 Å². The maximum atomic E-state index is 9.93. The zero-order valence-electron chi connectivity index (χ0n) is 20.9. The number of rotatable bonds is 3.